The summed E-state index contributed by atoms with van der Waals surface area (Å²) in [6, 6.07) is 0.0759. The molecule has 0 unspecified atom stereocenters. The highest BCUT2D eigenvalue weighted by atomic mass is 35.5. The van der Waals surface area contributed by atoms with E-state index in [1.807, 2.05) is 27.7 Å². The molecular weight excluding hydrogens is 358 g/mol. The largest absolute Gasteiger partial charge is 0.494 e. The molecule has 1 fully saturated rings. The number of aryl methyl sites for hydroxylation is 1. The number of hydrogen-bond acceptors (Lipinski definition) is 5. The molecule has 0 bridgehead atoms. The van der Waals surface area contributed by atoms with Gasteiger partial charge in [0.05, 0.1) is 0 Å². The molecule has 1 aliphatic carbocycles. The Kier molecular flexibility index (Phi) is 5.28. The Morgan fingerprint density at radius 1 is 1.38 bits per heavy atom. The molecule has 9 heteroatoms. The Hall–Kier alpha value is -2.22. The van der Waals surface area contributed by atoms with Gasteiger partial charge in [0, 0.05) is 18.2 Å². The molecule has 2 aromatic heterocycles. The van der Waals surface area contributed by atoms with Crippen molar-refractivity contribution in [3.05, 3.63) is 21.5 Å². The van der Waals surface area contributed by atoms with Gasteiger partial charge < -0.3 is 16.2 Å². The minimum Gasteiger partial charge on any atom is -0.494 e. The van der Waals surface area contributed by atoms with E-state index in [-0.39, 0.29) is 41.1 Å². The van der Waals surface area contributed by atoms with Gasteiger partial charge in [0.15, 0.2) is 11.4 Å². The lowest BCUT2D eigenvalue weighted by Crippen LogP contribution is -2.35. The van der Waals surface area contributed by atoms with Crippen LogP contribution in [0.3, 0.4) is 0 Å². The van der Waals surface area contributed by atoms with E-state index >= 15 is 0 Å². The lowest BCUT2D eigenvalue weighted by atomic mass is 9.96. The molecule has 0 aliphatic heterocycles. The maximum Gasteiger partial charge on any atom is 0.291 e. The van der Waals surface area contributed by atoms with Crippen LogP contribution in [0.15, 0.2) is 4.79 Å². The Balaban J connectivity index is 0.00000243. The van der Waals surface area contributed by atoms with E-state index in [4.69, 9.17) is 5.73 Å². The van der Waals surface area contributed by atoms with Crippen molar-refractivity contribution in [2.24, 2.45) is 5.41 Å². The number of hydrogen-bond donors (Lipinski definition) is 3. The molecular formula is C17H26ClN5O3. The average molecular weight is 384 g/mol. The standard InChI is InChI=1S/C17H25N5O3.ClH/c1-5-10-12(18)20-22-14(10)21(8-17(2,3)4)15(24)11(16(22)25)13(23)19-9-6-7-9;/h9,24H,5-8H2,1-4H3,(H2,18,20)(H,19,23);1H. The Morgan fingerprint density at radius 3 is 2.50 bits per heavy atom. The summed E-state index contributed by atoms with van der Waals surface area (Å²) in [7, 11) is 0. The second-order valence-electron chi connectivity index (χ2n) is 7.85. The first-order valence-electron chi connectivity index (χ1n) is 8.57. The zero-order valence-electron chi connectivity index (χ0n) is 15.5. The molecule has 2 heterocycles. The van der Waals surface area contributed by atoms with E-state index in [0.717, 1.165) is 17.4 Å². The summed E-state index contributed by atoms with van der Waals surface area (Å²) < 4.78 is 2.72. The minimum absolute atomic E-state index is 0. The quantitative estimate of drug-likeness (QED) is 0.743. The maximum absolute atomic E-state index is 12.8. The Labute approximate surface area is 157 Å². The number of amides is 1. The van der Waals surface area contributed by atoms with Gasteiger partial charge in [-0.25, -0.2) is 0 Å². The number of anilines is 1. The molecule has 1 aliphatic rings. The number of fused-ring (bicyclic) bond motifs is 1. The summed E-state index contributed by atoms with van der Waals surface area (Å²) in [5.41, 5.74) is 5.97. The lowest BCUT2D eigenvalue weighted by Gasteiger charge is -2.23. The van der Waals surface area contributed by atoms with Gasteiger partial charge in [0.2, 0.25) is 5.88 Å². The minimum atomic E-state index is -0.651. The van der Waals surface area contributed by atoms with Crippen LogP contribution in [0.5, 0.6) is 5.88 Å². The van der Waals surface area contributed by atoms with Crippen molar-refractivity contribution in [1.82, 2.24) is 19.5 Å². The van der Waals surface area contributed by atoms with E-state index in [9.17, 15) is 14.7 Å². The molecule has 0 atom stereocenters. The third-order valence-electron chi connectivity index (χ3n) is 4.25. The van der Waals surface area contributed by atoms with Crippen molar-refractivity contribution >= 4 is 29.8 Å². The van der Waals surface area contributed by atoms with Gasteiger partial charge >= 0.3 is 0 Å². The number of aromatic nitrogens is 3. The fraction of sp³-hybridized carbons (Fsp3) is 0.588. The van der Waals surface area contributed by atoms with Gasteiger partial charge in [-0.2, -0.15) is 4.52 Å². The molecule has 8 nitrogen and oxygen atoms in total. The summed E-state index contributed by atoms with van der Waals surface area (Å²) in [6.07, 6.45) is 2.34. The molecule has 0 radical (unpaired) electrons. The number of nitrogens with two attached hydrogens (primary N) is 1. The highest BCUT2D eigenvalue weighted by Crippen LogP contribution is 2.28. The summed E-state index contributed by atoms with van der Waals surface area (Å²) >= 11 is 0. The molecule has 1 saturated carbocycles. The van der Waals surface area contributed by atoms with Crippen LogP contribution in [0.25, 0.3) is 5.65 Å². The third kappa shape index (κ3) is 3.51. The average Bonchev–Trinajstić information content (AvgIpc) is 3.23. The first-order chi connectivity index (χ1) is 11.6. The van der Waals surface area contributed by atoms with Crippen molar-refractivity contribution in [1.29, 1.82) is 0 Å². The predicted octanol–water partition coefficient (Wildman–Crippen LogP) is 1.71. The topological polar surface area (TPSA) is 115 Å². The van der Waals surface area contributed by atoms with Gasteiger partial charge in [-0.1, -0.05) is 27.7 Å². The third-order valence-corrected chi connectivity index (χ3v) is 4.25. The van der Waals surface area contributed by atoms with Crippen LogP contribution in [0.1, 0.15) is 56.5 Å². The Bertz CT molecular complexity index is 906. The van der Waals surface area contributed by atoms with Crippen molar-refractivity contribution in [2.75, 3.05) is 5.73 Å². The monoisotopic (exact) mass is 383 g/mol. The van der Waals surface area contributed by atoms with Crippen molar-refractivity contribution in [3.63, 3.8) is 0 Å². The number of nitrogens with zero attached hydrogens (tertiary/aromatic N) is 3. The normalized spacial score (nSPS) is 14.3. The van der Waals surface area contributed by atoms with Crippen LogP contribution in [-0.4, -0.2) is 31.2 Å². The fourth-order valence-corrected chi connectivity index (χ4v) is 2.96. The van der Waals surface area contributed by atoms with Crippen molar-refractivity contribution < 1.29 is 9.90 Å². The van der Waals surface area contributed by atoms with Crippen LogP contribution in [0, 0.1) is 5.41 Å². The predicted molar refractivity (Wildman–Crippen MR) is 102 cm³/mol. The molecule has 144 valence electrons. The van der Waals surface area contributed by atoms with Crippen LogP contribution in [0.4, 0.5) is 5.82 Å². The number of aromatic hydroxyl groups is 1. The second-order valence-corrected chi connectivity index (χ2v) is 7.85. The summed E-state index contributed by atoms with van der Waals surface area (Å²) in [6.45, 7) is 8.34. The van der Waals surface area contributed by atoms with E-state index in [1.165, 1.54) is 0 Å². The fourth-order valence-electron chi connectivity index (χ4n) is 2.96. The first kappa shape index (κ1) is 20.1. The number of carbonyl (C=O) groups is 1. The molecule has 2 aromatic rings. The van der Waals surface area contributed by atoms with Crippen molar-refractivity contribution in [2.45, 2.75) is 59.5 Å². The van der Waals surface area contributed by atoms with Gasteiger partial charge in [-0.15, -0.1) is 17.5 Å². The zero-order chi connectivity index (χ0) is 18.5. The molecule has 0 spiro atoms. The summed E-state index contributed by atoms with van der Waals surface area (Å²) in [5, 5.41) is 17.7. The SMILES string of the molecule is CCc1c(N)nn2c(=O)c(C(=O)NC3CC3)c(O)n(CC(C)(C)C)c12.Cl. The second kappa shape index (κ2) is 6.83. The molecule has 3 rings (SSSR count). The number of rotatable bonds is 4. The smallest absolute Gasteiger partial charge is 0.291 e. The highest BCUT2D eigenvalue weighted by molar-refractivity contribution is 5.96. The summed E-state index contributed by atoms with van der Waals surface area (Å²) in [5.74, 6) is -0.664. The lowest BCUT2D eigenvalue weighted by molar-refractivity contribution is 0.0944. The number of halogens is 1. The van der Waals surface area contributed by atoms with E-state index < -0.39 is 11.5 Å². The van der Waals surface area contributed by atoms with E-state index in [0.29, 0.717) is 24.2 Å². The molecule has 0 aromatic carbocycles. The van der Waals surface area contributed by atoms with Crippen molar-refractivity contribution in [3.8, 4) is 5.88 Å². The van der Waals surface area contributed by atoms with Gasteiger partial charge in [0.1, 0.15) is 5.65 Å². The molecule has 4 N–H and O–H groups in total. The zero-order valence-corrected chi connectivity index (χ0v) is 16.3. The molecule has 0 saturated heterocycles. The maximum atomic E-state index is 12.8. The number of nitrogen functional groups attached to an aromatic ring is 1. The van der Waals surface area contributed by atoms with Crippen LogP contribution >= 0.6 is 12.4 Å². The van der Waals surface area contributed by atoms with E-state index in [2.05, 4.69) is 10.4 Å². The van der Waals surface area contributed by atoms with Crippen LogP contribution in [0.2, 0.25) is 0 Å². The first-order valence-corrected chi connectivity index (χ1v) is 8.57. The van der Waals surface area contributed by atoms with Gasteiger partial charge in [-0.05, 0) is 24.7 Å². The number of nitrogens with one attached hydrogen (secondary N) is 1. The van der Waals surface area contributed by atoms with Crippen LogP contribution < -0.4 is 16.6 Å². The molecule has 26 heavy (non-hydrogen) atoms. The van der Waals surface area contributed by atoms with Crippen LogP contribution in [-0.2, 0) is 13.0 Å². The number of carbonyl (C=O) groups excluding carboxylic acids is 1. The van der Waals surface area contributed by atoms with Gasteiger partial charge in [0.25, 0.3) is 11.5 Å². The Morgan fingerprint density at radius 2 is 2.00 bits per heavy atom. The summed E-state index contributed by atoms with van der Waals surface area (Å²) in [4.78, 5) is 25.3. The molecule has 1 amide bonds. The van der Waals surface area contributed by atoms with E-state index in [1.54, 1.807) is 4.57 Å². The highest BCUT2D eigenvalue weighted by Gasteiger charge is 2.31. The van der Waals surface area contributed by atoms with Gasteiger partial charge in [-0.3, -0.25) is 14.2 Å².